The second-order valence-electron chi connectivity index (χ2n) is 4.49. The van der Waals surface area contributed by atoms with Crippen molar-refractivity contribution in [1.82, 2.24) is 10.3 Å². The summed E-state index contributed by atoms with van der Waals surface area (Å²) in [5, 5.41) is 3.62. The number of aromatic nitrogens is 1. The largest absolute Gasteiger partial charge is 0.399 e. The highest BCUT2D eigenvalue weighted by Gasteiger charge is 2.15. The van der Waals surface area contributed by atoms with Gasteiger partial charge in [0, 0.05) is 22.3 Å². The van der Waals surface area contributed by atoms with Crippen molar-refractivity contribution < 1.29 is 9.18 Å². The Morgan fingerprint density at radius 2 is 2.25 bits per heavy atom. The molecule has 0 spiro atoms. The molecule has 0 saturated carbocycles. The van der Waals surface area contributed by atoms with Gasteiger partial charge in [0.2, 0.25) is 0 Å². The molecule has 0 fully saturated rings. The van der Waals surface area contributed by atoms with Crippen molar-refractivity contribution in [3.05, 3.63) is 45.7 Å². The molecule has 0 saturated heterocycles. The van der Waals surface area contributed by atoms with E-state index in [1.54, 1.807) is 11.3 Å². The zero-order valence-corrected chi connectivity index (χ0v) is 12.1. The van der Waals surface area contributed by atoms with E-state index in [0.717, 1.165) is 22.4 Å². The number of carbonyl (C=O) groups excluding carboxylic acids is 1. The van der Waals surface area contributed by atoms with Gasteiger partial charge in [0.05, 0.1) is 6.04 Å². The van der Waals surface area contributed by atoms with Crippen molar-refractivity contribution in [3.63, 3.8) is 0 Å². The molecule has 2 rings (SSSR count). The van der Waals surface area contributed by atoms with Crippen LogP contribution in [0, 0.1) is 5.82 Å². The molecule has 0 radical (unpaired) electrons. The minimum absolute atomic E-state index is 0.210. The van der Waals surface area contributed by atoms with Gasteiger partial charge in [-0.15, -0.1) is 11.3 Å². The number of nitrogens with two attached hydrogens (primary N) is 1. The lowest BCUT2D eigenvalue weighted by atomic mass is 10.1. The quantitative estimate of drug-likeness (QED) is 0.852. The predicted molar refractivity (Wildman–Crippen MR) is 78.2 cm³/mol. The highest BCUT2D eigenvalue weighted by atomic mass is 32.1. The Kier molecular flexibility index (Phi) is 4.34. The second-order valence-corrected chi connectivity index (χ2v) is 5.63. The second kappa shape index (κ2) is 6.00. The molecular weight excluding hydrogens is 277 g/mol. The van der Waals surface area contributed by atoms with Crippen LogP contribution in [0.15, 0.2) is 24.4 Å². The minimum atomic E-state index is -0.523. The van der Waals surface area contributed by atoms with Gasteiger partial charge in [-0.25, -0.2) is 9.37 Å². The normalized spacial score (nSPS) is 12.2. The third-order valence-corrected chi connectivity index (χ3v) is 4.14. The summed E-state index contributed by atoms with van der Waals surface area (Å²) in [5.74, 6) is -0.887. The minimum Gasteiger partial charge on any atom is -0.399 e. The lowest BCUT2D eigenvalue weighted by Crippen LogP contribution is -2.26. The van der Waals surface area contributed by atoms with E-state index < -0.39 is 5.82 Å². The molecule has 4 nitrogen and oxygen atoms in total. The number of rotatable bonds is 4. The summed E-state index contributed by atoms with van der Waals surface area (Å²) in [4.78, 5) is 17.5. The number of halogens is 1. The Hall–Kier alpha value is -1.95. The molecule has 1 aromatic carbocycles. The molecule has 1 amide bonds. The number of amides is 1. The van der Waals surface area contributed by atoms with Crippen LogP contribution in [0.5, 0.6) is 0 Å². The number of anilines is 1. The zero-order chi connectivity index (χ0) is 14.7. The van der Waals surface area contributed by atoms with Gasteiger partial charge in [0.15, 0.2) is 0 Å². The van der Waals surface area contributed by atoms with E-state index in [9.17, 15) is 9.18 Å². The van der Waals surface area contributed by atoms with Crippen LogP contribution < -0.4 is 11.1 Å². The summed E-state index contributed by atoms with van der Waals surface area (Å²) >= 11 is 1.56. The summed E-state index contributed by atoms with van der Waals surface area (Å²) in [5.41, 5.74) is 5.97. The molecular formula is C14H16FN3OS. The van der Waals surface area contributed by atoms with E-state index in [1.165, 1.54) is 12.1 Å². The van der Waals surface area contributed by atoms with Crippen molar-refractivity contribution >= 4 is 22.9 Å². The van der Waals surface area contributed by atoms with Crippen LogP contribution in [0.25, 0.3) is 0 Å². The average Bonchev–Trinajstić information content (AvgIpc) is 2.86. The molecule has 1 unspecified atom stereocenters. The summed E-state index contributed by atoms with van der Waals surface area (Å²) in [7, 11) is 0. The smallest absolute Gasteiger partial charge is 0.252 e. The van der Waals surface area contributed by atoms with Crippen molar-refractivity contribution in [2.75, 3.05) is 5.73 Å². The summed E-state index contributed by atoms with van der Waals surface area (Å²) in [6.07, 6.45) is 2.72. The number of hydrogen-bond acceptors (Lipinski definition) is 4. The highest BCUT2D eigenvalue weighted by Crippen LogP contribution is 2.21. The highest BCUT2D eigenvalue weighted by molar-refractivity contribution is 7.11. The lowest BCUT2D eigenvalue weighted by Gasteiger charge is -2.11. The number of nitrogens with zero attached hydrogens (tertiary/aromatic N) is 1. The lowest BCUT2D eigenvalue weighted by molar-refractivity contribution is 0.0939. The maximum atomic E-state index is 13.2. The van der Waals surface area contributed by atoms with Gasteiger partial charge < -0.3 is 11.1 Å². The van der Waals surface area contributed by atoms with Crippen molar-refractivity contribution in [1.29, 1.82) is 0 Å². The molecule has 0 aliphatic heterocycles. The topological polar surface area (TPSA) is 68.0 Å². The fourth-order valence-electron chi connectivity index (χ4n) is 1.77. The van der Waals surface area contributed by atoms with Crippen LogP contribution in [0.2, 0.25) is 0 Å². The first kappa shape index (κ1) is 14.5. The van der Waals surface area contributed by atoms with Crippen LogP contribution in [-0.4, -0.2) is 10.9 Å². The Balaban J connectivity index is 2.10. The van der Waals surface area contributed by atoms with Gasteiger partial charge in [-0.1, -0.05) is 6.92 Å². The van der Waals surface area contributed by atoms with Gasteiger partial charge in [-0.05, 0) is 31.5 Å². The number of nitrogen functional groups attached to an aromatic ring is 1. The van der Waals surface area contributed by atoms with Gasteiger partial charge in [-0.3, -0.25) is 4.79 Å². The molecule has 20 heavy (non-hydrogen) atoms. The van der Waals surface area contributed by atoms with E-state index in [-0.39, 0.29) is 23.2 Å². The van der Waals surface area contributed by atoms with Gasteiger partial charge in [0.25, 0.3) is 5.91 Å². The third-order valence-electron chi connectivity index (χ3n) is 2.82. The zero-order valence-electron chi connectivity index (χ0n) is 11.3. The van der Waals surface area contributed by atoms with E-state index in [2.05, 4.69) is 17.2 Å². The van der Waals surface area contributed by atoms with E-state index >= 15 is 0 Å². The predicted octanol–water partition coefficient (Wildman–Crippen LogP) is 2.92. The molecule has 0 bridgehead atoms. The fourth-order valence-corrected chi connectivity index (χ4v) is 2.63. The van der Waals surface area contributed by atoms with Gasteiger partial charge >= 0.3 is 0 Å². The molecule has 0 aliphatic carbocycles. The first-order chi connectivity index (χ1) is 9.49. The fraction of sp³-hybridized carbons (Fsp3) is 0.286. The average molecular weight is 293 g/mol. The van der Waals surface area contributed by atoms with Crippen LogP contribution in [0.4, 0.5) is 10.1 Å². The Bertz CT molecular complexity index is 606. The maximum absolute atomic E-state index is 13.2. The van der Waals surface area contributed by atoms with Crippen molar-refractivity contribution in [2.45, 2.75) is 26.3 Å². The molecule has 6 heteroatoms. The Morgan fingerprint density at radius 1 is 1.50 bits per heavy atom. The van der Waals surface area contributed by atoms with E-state index in [4.69, 9.17) is 5.73 Å². The Labute approximate surface area is 120 Å². The molecule has 106 valence electrons. The first-order valence-electron chi connectivity index (χ1n) is 6.31. The summed E-state index contributed by atoms with van der Waals surface area (Å²) in [6.45, 7) is 3.90. The van der Waals surface area contributed by atoms with Crippen LogP contribution >= 0.6 is 11.3 Å². The number of nitrogens with one attached hydrogen (secondary N) is 1. The maximum Gasteiger partial charge on any atom is 0.252 e. The number of hydrogen-bond donors (Lipinski definition) is 2. The molecule has 1 aromatic heterocycles. The third kappa shape index (κ3) is 3.33. The van der Waals surface area contributed by atoms with E-state index in [1.807, 2.05) is 13.1 Å². The molecule has 1 heterocycles. The molecule has 1 atom stereocenters. The molecule has 2 aromatic rings. The number of aryl methyl sites for hydroxylation is 1. The molecule has 3 N–H and O–H groups in total. The monoisotopic (exact) mass is 293 g/mol. The van der Waals surface area contributed by atoms with Crippen molar-refractivity contribution in [2.24, 2.45) is 0 Å². The SMILES string of the molecule is CCc1cnc(C(C)NC(=O)c2cc(N)cc(F)c2)s1. The van der Waals surface area contributed by atoms with Crippen LogP contribution in [0.1, 0.15) is 40.1 Å². The van der Waals surface area contributed by atoms with Crippen LogP contribution in [-0.2, 0) is 6.42 Å². The van der Waals surface area contributed by atoms with Gasteiger partial charge in [0.1, 0.15) is 10.8 Å². The van der Waals surface area contributed by atoms with Crippen molar-refractivity contribution in [3.8, 4) is 0 Å². The number of carbonyl (C=O) groups is 1. The molecule has 0 aliphatic rings. The Morgan fingerprint density at radius 3 is 2.85 bits per heavy atom. The summed E-state index contributed by atoms with van der Waals surface area (Å²) < 4.78 is 13.2. The number of benzene rings is 1. The van der Waals surface area contributed by atoms with Crippen LogP contribution in [0.3, 0.4) is 0 Å². The standard InChI is InChI=1S/C14H16FN3OS/c1-3-12-7-17-14(20-12)8(2)18-13(19)9-4-10(15)6-11(16)5-9/h4-8H,3,16H2,1-2H3,(H,18,19). The first-order valence-corrected chi connectivity index (χ1v) is 7.12. The summed E-state index contributed by atoms with van der Waals surface area (Å²) in [6, 6.07) is 3.56. The van der Waals surface area contributed by atoms with E-state index in [0.29, 0.717) is 0 Å². The van der Waals surface area contributed by atoms with Gasteiger partial charge in [-0.2, -0.15) is 0 Å². The number of thiazole rings is 1.